The van der Waals surface area contributed by atoms with Crippen LogP contribution in [0.1, 0.15) is 33.2 Å². The molecular formula is C21H18F3N3OS. The van der Waals surface area contributed by atoms with Crippen molar-refractivity contribution in [2.45, 2.75) is 25.3 Å². The Labute approximate surface area is 170 Å². The largest absolute Gasteiger partial charge is 0.416 e. The molecule has 29 heavy (non-hydrogen) atoms. The zero-order valence-corrected chi connectivity index (χ0v) is 16.6. The molecule has 1 aliphatic rings. The maximum absolute atomic E-state index is 13.7. The first-order valence-electron chi connectivity index (χ1n) is 9.00. The second-order valence-corrected chi connectivity index (χ2v) is 7.96. The van der Waals surface area contributed by atoms with E-state index in [1.165, 1.54) is 23.9 Å². The molecule has 1 atom stereocenters. The second-order valence-electron chi connectivity index (χ2n) is 6.87. The van der Waals surface area contributed by atoms with Gasteiger partial charge >= 0.3 is 6.18 Å². The van der Waals surface area contributed by atoms with E-state index in [2.05, 4.69) is 10.4 Å². The molecule has 0 bridgehead atoms. The van der Waals surface area contributed by atoms with E-state index in [4.69, 9.17) is 0 Å². The van der Waals surface area contributed by atoms with Crippen molar-refractivity contribution in [2.24, 2.45) is 0 Å². The summed E-state index contributed by atoms with van der Waals surface area (Å²) in [6, 6.07) is 13.1. The van der Waals surface area contributed by atoms with Crippen molar-refractivity contribution in [2.75, 3.05) is 11.1 Å². The first-order valence-corrected chi connectivity index (χ1v) is 10.1. The van der Waals surface area contributed by atoms with Crippen LogP contribution in [0.15, 0.2) is 48.5 Å². The van der Waals surface area contributed by atoms with E-state index >= 15 is 0 Å². The first-order chi connectivity index (χ1) is 13.8. The lowest BCUT2D eigenvalue weighted by Gasteiger charge is -2.20. The van der Waals surface area contributed by atoms with E-state index in [9.17, 15) is 18.0 Å². The Kier molecular flexibility index (Phi) is 4.90. The van der Waals surface area contributed by atoms with Crippen LogP contribution in [0.3, 0.4) is 0 Å². The molecule has 2 heterocycles. The SMILES string of the molecule is Cc1ccccc1-n1nc(C)c2c1NC(=O)CSC2c1ccccc1C(F)(F)F. The number of hydrogen-bond acceptors (Lipinski definition) is 3. The number of carbonyl (C=O) groups excluding carboxylic acids is 1. The molecule has 4 rings (SSSR count). The van der Waals surface area contributed by atoms with Gasteiger partial charge in [-0.1, -0.05) is 36.4 Å². The standard InChI is InChI=1S/C21H18F3N3OS/c1-12-7-3-6-10-16(12)27-20-18(13(2)26-27)19(29-11-17(28)25-20)14-8-4-5-9-15(14)21(22,23)24/h3-10,19H,11H2,1-2H3,(H,25,28). The minimum Gasteiger partial charge on any atom is -0.310 e. The summed E-state index contributed by atoms with van der Waals surface area (Å²) < 4.78 is 42.6. The number of halogens is 3. The number of para-hydroxylation sites is 1. The van der Waals surface area contributed by atoms with Crippen molar-refractivity contribution in [1.82, 2.24) is 9.78 Å². The summed E-state index contributed by atoms with van der Waals surface area (Å²) in [6.07, 6.45) is -4.49. The Morgan fingerprint density at radius 2 is 1.79 bits per heavy atom. The van der Waals surface area contributed by atoms with E-state index in [0.29, 0.717) is 17.1 Å². The van der Waals surface area contributed by atoms with Crippen LogP contribution < -0.4 is 5.32 Å². The Hall–Kier alpha value is -2.74. The number of nitrogens with zero attached hydrogens (tertiary/aromatic N) is 2. The molecule has 0 saturated heterocycles. The van der Waals surface area contributed by atoms with Crippen molar-refractivity contribution in [1.29, 1.82) is 0 Å². The lowest BCUT2D eigenvalue weighted by Crippen LogP contribution is -2.16. The van der Waals surface area contributed by atoms with Gasteiger partial charge in [-0.15, -0.1) is 11.8 Å². The normalized spacial score (nSPS) is 16.9. The highest BCUT2D eigenvalue weighted by Gasteiger charge is 2.38. The number of nitrogens with one attached hydrogen (secondary N) is 1. The summed E-state index contributed by atoms with van der Waals surface area (Å²) in [5.74, 6) is 0.213. The van der Waals surface area contributed by atoms with E-state index < -0.39 is 17.0 Å². The van der Waals surface area contributed by atoms with Gasteiger partial charge in [0.1, 0.15) is 5.82 Å². The van der Waals surface area contributed by atoms with Crippen LogP contribution in [0.5, 0.6) is 0 Å². The van der Waals surface area contributed by atoms with Crippen LogP contribution in [-0.2, 0) is 11.0 Å². The number of aryl methyl sites for hydroxylation is 2. The molecule has 0 spiro atoms. The maximum atomic E-state index is 13.7. The molecule has 3 aromatic rings. The van der Waals surface area contributed by atoms with Crippen LogP contribution in [0.2, 0.25) is 0 Å². The van der Waals surface area contributed by atoms with Gasteiger partial charge in [0.15, 0.2) is 0 Å². The van der Waals surface area contributed by atoms with Gasteiger partial charge in [-0.3, -0.25) is 4.79 Å². The molecule has 2 aromatic carbocycles. The minimum atomic E-state index is -4.49. The molecule has 150 valence electrons. The Morgan fingerprint density at radius 3 is 2.52 bits per heavy atom. The summed E-state index contributed by atoms with van der Waals surface area (Å²) in [7, 11) is 0. The molecule has 1 unspecified atom stereocenters. The first kappa shape index (κ1) is 19.6. The van der Waals surface area contributed by atoms with Gasteiger partial charge in [0.25, 0.3) is 0 Å². The fourth-order valence-electron chi connectivity index (χ4n) is 3.59. The number of fused-ring (bicyclic) bond motifs is 1. The van der Waals surface area contributed by atoms with Crippen LogP contribution in [-0.4, -0.2) is 21.4 Å². The molecule has 0 aliphatic carbocycles. The molecule has 0 saturated carbocycles. The topological polar surface area (TPSA) is 46.9 Å². The number of carbonyl (C=O) groups is 1. The fraction of sp³-hybridized carbons (Fsp3) is 0.238. The third kappa shape index (κ3) is 3.53. The summed E-state index contributed by atoms with van der Waals surface area (Å²) in [5.41, 5.74) is 2.33. The number of aromatic nitrogens is 2. The lowest BCUT2D eigenvalue weighted by atomic mass is 9.98. The summed E-state index contributed by atoms with van der Waals surface area (Å²) >= 11 is 1.18. The molecular weight excluding hydrogens is 399 g/mol. The molecule has 1 aromatic heterocycles. The maximum Gasteiger partial charge on any atom is 0.416 e. The fourth-order valence-corrected chi connectivity index (χ4v) is 4.81. The minimum absolute atomic E-state index is 0.0543. The highest BCUT2D eigenvalue weighted by Crippen LogP contribution is 2.47. The number of anilines is 1. The average molecular weight is 417 g/mol. The van der Waals surface area contributed by atoms with Crippen molar-refractivity contribution in [3.8, 4) is 5.69 Å². The quantitative estimate of drug-likeness (QED) is 0.617. The van der Waals surface area contributed by atoms with Crippen LogP contribution in [0, 0.1) is 13.8 Å². The van der Waals surface area contributed by atoms with E-state index in [1.54, 1.807) is 17.7 Å². The van der Waals surface area contributed by atoms with Gasteiger partial charge in [-0.05, 0) is 37.1 Å². The Bertz CT molecular complexity index is 1090. The summed E-state index contributed by atoms with van der Waals surface area (Å²) in [4.78, 5) is 12.4. The molecule has 8 heteroatoms. The third-order valence-electron chi connectivity index (χ3n) is 4.90. The van der Waals surface area contributed by atoms with Crippen molar-refractivity contribution < 1.29 is 18.0 Å². The van der Waals surface area contributed by atoms with Gasteiger partial charge in [-0.25, -0.2) is 4.68 Å². The number of thioether (sulfide) groups is 1. The van der Waals surface area contributed by atoms with Gasteiger partial charge < -0.3 is 5.32 Å². The second kappa shape index (κ2) is 7.26. The van der Waals surface area contributed by atoms with Gasteiger partial charge in [-0.2, -0.15) is 18.3 Å². The highest BCUT2D eigenvalue weighted by atomic mass is 32.2. The van der Waals surface area contributed by atoms with Crippen LogP contribution >= 0.6 is 11.8 Å². The van der Waals surface area contributed by atoms with Crippen LogP contribution in [0.25, 0.3) is 5.69 Å². The number of benzene rings is 2. The molecule has 1 aliphatic heterocycles. The Balaban J connectivity index is 1.95. The van der Waals surface area contributed by atoms with Crippen molar-refractivity contribution in [3.63, 3.8) is 0 Å². The molecule has 0 radical (unpaired) electrons. The number of rotatable bonds is 2. The van der Waals surface area contributed by atoms with Crippen molar-refractivity contribution in [3.05, 3.63) is 76.5 Å². The predicted octanol–water partition coefficient (Wildman–Crippen LogP) is 5.28. The molecule has 1 N–H and O–H groups in total. The summed E-state index contributed by atoms with van der Waals surface area (Å²) in [5, 5.41) is 6.76. The van der Waals surface area contributed by atoms with E-state index in [0.717, 1.165) is 17.3 Å². The number of amides is 1. The highest BCUT2D eigenvalue weighted by molar-refractivity contribution is 8.00. The summed E-state index contributed by atoms with van der Waals surface area (Å²) in [6.45, 7) is 3.68. The average Bonchev–Trinajstić information content (AvgIpc) is 2.87. The molecule has 1 amide bonds. The van der Waals surface area contributed by atoms with Gasteiger partial charge in [0.2, 0.25) is 5.91 Å². The molecule has 0 fully saturated rings. The van der Waals surface area contributed by atoms with E-state index in [1.807, 2.05) is 31.2 Å². The van der Waals surface area contributed by atoms with Crippen LogP contribution in [0.4, 0.5) is 19.0 Å². The third-order valence-corrected chi connectivity index (χ3v) is 6.15. The van der Waals surface area contributed by atoms with E-state index in [-0.39, 0.29) is 17.2 Å². The van der Waals surface area contributed by atoms with Gasteiger partial charge in [0, 0.05) is 5.56 Å². The number of hydrogen-bond donors (Lipinski definition) is 1. The zero-order chi connectivity index (χ0) is 20.8. The Morgan fingerprint density at radius 1 is 1.10 bits per heavy atom. The lowest BCUT2D eigenvalue weighted by molar-refractivity contribution is -0.138. The molecule has 4 nitrogen and oxygen atoms in total. The predicted molar refractivity (Wildman–Crippen MR) is 107 cm³/mol. The monoisotopic (exact) mass is 417 g/mol. The van der Waals surface area contributed by atoms with Gasteiger partial charge in [0.05, 0.1) is 27.9 Å². The smallest absolute Gasteiger partial charge is 0.310 e. The van der Waals surface area contributed by atoms with Crippen molar-refractivity contribution >= 4 is 23.5 Å². The zero-order valence-electron chi connectivity index (χ0n) is 15.7. The number of alkyl halides is 3.